The molecular formula is C21H23N3O5. The molecule has 0 saturated carbocycles. The van der Waals surface area contributed by atoms with Crippen molar-refractivity contribution in [3.05, 3.63) is 66.0 Å². The molecule has 0 aliphatic carbocycles. The molecule has 1 fully saturated rings. The van der Waals surface area contributed by atoms with Crippen molar-refractivity contribution >= 4 is 17.8 Å². The Balaban J connectivity index is 1.80. The number of carboxylic acid groups (broad SMARTS) is 1. The van der Waals surface area contributed by atoms with Crippen molar-refractivity contribution in [2.75, 3.05) is 13.1 Å². The van der Waals surface area contributed by atoms with Crippen LogP contribution in [0.2, 0.25) is 0 Å². The number of morpholine rings is 1. The fourth-order valence-corrected chi connectivity index (χ4v) is 3.28. The number of hydrogen-bond acceptors (Lipinski definition) is 5. The molecule has 8 heteroatoms. The van der Waals surface area contributed by atoms with Gasteiger partial charge in [-0.2, -0.15) is 0 Å². The first-order chi connectivity index (χ1) is 13.9. The van der Waals surface area contributed by atoms with Gasteiger partial charge in [0.2, 0.25) is 5.91 Å². The van der Waals surface area contributed by atoms with Gasteiger partial charge in [0.25, 0.3) is 5.91 Å². The fourth-order valence-electron chi connectivity index (χ4n) is 3.28. The summed E-state index contributed by atoms with van der Waals surface area (Å²) in [5.41, 5.74) is 1.23. The standard InChI is InChI=1S/C21H23N3O5/c1-14-12-24(13-18(29-14)21(27)28)20(26)17(10-15-6-3-2-4-7-15)23-19(25)16-8-5-9-22-11-16/h2-9,11,14,17-18H,10,12-13H2,1H3,(H,23,25)(H,27,28)/t14-,17?,18?/m1/s1. The van der Waals surface area contributed by atoms with Gasteiger partial charge in [0.05, 0.1) is 18.2 Å². The summed E-state index contributed by atoms with van der Waals surface area (Å²) in [4.78, 5) is 42.6. The van der Waals surface area contributed by atoms with E-state index in [0.717, 1.165) is 5.56 Å². The van der Waals surface area contributed by atoms with Gasteiger partial charge in [0, 0.05) is 25.4 Å². The monoisotopic (exact) mass is 397 g/mol. The first kappa shape index (κ1) is 20.5. The number of carboxylic acids is 1. The number of carbonyl (C=O) groups is 3. The van der Waals surface area contributed by atoms with Crippen LogP contribution >= 0.6 is 0 Å². The molecule has 2 N–H and O–H groups in total. The molecule has 2 heterocycles. The normalized spacial score (nSPS) is 20.0. The number of carbonyl (C=O) groups excluding carboxylic acids is 2. The van der Waals surface area contributed by atoms with E-state index in [1.54, 1.807) is 25.3 Å². The van der Waals surface area contributed by atoms with Crippen molar-refractivity contribution in [1.29, 1.82) is 0 Å². The van der Waals surface area contributed by atoms with E-state index >= 15 is 0 Å². The highest BCUT2D eigenvalue weighted by molar-refractivity contribution is 5.97. The molecule has 2 unspecified atom stereocenters. The first-order valence-electron chi connectivity index (χ1n) is 9.36. The molecule has 1 aliphatic rings. The predicted octanol–water partition coefficient (Wildman–Crippen LogP) is 1.12. The van der Waals surface area contributed by atoms with Crippen molar-refractivity contribution in [1.82, 2.24) is 15.2 Å². The molecule has 0 radical (unpaired) electrons. The molecule has 2 amide bonds. The second kappa shape index (κ2) is 9.29. The highest BCUT2D eigenvalue weighted by Crippen LogP contribution is 2.15. The second-order valence-corrected chi connectivity index (χ2v) is 6.97. The van der Waals surface area contributed by atoms with Gasteiger partial charge in [-0.05, 0) is 24.6 Å². The van der Waals surface area contributed by atoms with Crippen molar-refractivity contribution in [2.45, 2.75) is 31.6 Å². The summed E-state index contributed by atoms with van der Waals surface area (Å²) in [5.74, 6) is -1.87. The minimum Gasteiger partial charge on any atom is -0.479 e. The summed E-state index contributed by atoms with van der Waals surface area (Å²) in [7, 11) is 0. The number of rotatable bonds is 6. The Bertz CT molecular complexity index is 859. The van der Waals surface area contributed by atoms with Gasteiger partial charge >= 0.3 is 5.97 Å². The summed E-state index contributed by atoms with van der Waals surface area (Å²) in [6.07, 6.45) is 1.77. The van der Waals surface area contributed by atoms with E-state index in [0.29, 0.717) is 5.56 Å². The molecule has 8 nitrogen and oxygen atoms in total. The van der Waals surface area contributed by atoms with Crippen LogP contribution in [-0.4, -0.2) is 64.1 Å². The Hall–Kier alpha value is -3.26. The molecule has 1 aromatic carbocycles. The van der Waals surface area contributed by atoms with Gasteiger partial charge in [-0.25, -0.2) is 4.79 Å². The Morgan fingerprint density at radius 1 is 1.21 bits per heavy atom. The lowest BCUT2D eigenvalue weighted by molar-refractivity contribution is -0.167. The number of amides is 2. The smallest absolute Gasteiger partial charge is 0.334 e. The van der Waals surface area contributed by atoms with Crippen LogP contribution in [0.4, 0.5) is 0 Å². The van der Waals surface area contributed by atoms with E-state index in [1.165, 1.54) is 11.1 Å². The fraction of sp³-hybridized carbons (Fsp3) is 0.333. The molecular weight excluding hydrogens is 374 g/mol. The number of hydrogen-bond donors (Lipinski definition) is 2. The second-order valence-electron chi connectivity index (χ2n) is 6.97. The third kappa shape index (κ3) is 5.39. The quantitative estimate of drug-likeness (QED) is 0.756. The van der Waals surface area contributed by atoms with E-state index < -0.39 is 30.1 Å². The van der Waals surface area contributed by atoms with Crippen LogP contribution in [0.5, 0.6) is 0 Å². The van der Waals surface area contributed by atoms with E-state index in [2.05, 4.69) is 10.3 Å². The van der Waals surface area contributed by atoms with Crippen LogP contribution in [0, 0.1) is 0 Å². The van der Waals surface area contributed by atoms with Gasteiger partial charge < -0.3 is 20.1 Å². The summed E-state index contributed by atoms with van der Waals surface area (Å²) < 4.78 is 5.39. The SMILES string of the molecule is C[C@@H]1CN(C(=O)C(Cc2ccccc2)NC(=O)c2cccnc2)CC(C(=O)O)O1. The zero-order valence-electron chi connectivity index (χ0n) is 16.0. The topological polar surface area (TPSA) is 109 Å². The van der Waals surface area contributed by atoms with Gasteiger partial charge in [-0.3, -0.25) is 14.6 Å². The lowest BCUT2D eigenvalue weighted by Crippen LogP contribution is -2.57. The molecule has 0 spiro atoms. The van der Waals surface area contributed by atoms with Crippen molar-refractivity contribution in [3.63, 3.8) is 0 Å². The summed E-state index contributed by atoms with van der Waals surface area (Å²) in [6, 6.07) is 11.7. The Morgan fingerprint density at radius 2 is 1.97 bits per heavy atom. The molecule has 2 aromatic rings. The van der Waals surface area contributed by atoms with Crippen molar-refractivity contribution < 1.29 is 24.2 Å². The maximum atomic E-state index is 13.2. The Labute approximate surface area is 168 Å². The van der Waals surface area contributed by atoms with Gasteiger partial charge in [0.1, 0.15) is 6.04 Å². The number of nitrogens with zero attached hydrogens (tertiary/aromatic N) is 2. The molecule has 0 bridgehead atoms. The molecule has 1 aromatic heterocycles. The molecule has 152 valence electrons. The summed E-state index contributed by atoms with van der Waals surface area (Å²) in [5, 5.41) is 12.1. The average molecular weight is 397 g/mol. The zero-order chi connectivity index (χ0) is 20.8. The van der Waals surface area contributed by atoms with Crippen molar-refractivity contribution in [3.8, 4) is 0 Å². The maximum absolute atomic E-state index is 13.2. The molecule has 1 saturated heterocycles. The number of pyridine rings is 1. The van der Waals surface area contributed by atoms with E-state index in [9.17, 15) is 19.5 Å². The number of aromatic nitrogens is 1. The van der Waals surface area contributed by atoms with Crippen molar-refractivity contribution in [2.24, 2.45) is 0 Å². The van der Waals surface area contributed by atoms with E-state index in [1.807, 2.05) is 30.3 Å². The number of benzene rings is 1. The van der Waals surface area contributed by atoms with Crippen LogP contribution in [0.3, 0.4) is 0 Å². The zero-order valence-corrected chi connectivity index (χ0v) is 16.0. The molecule has 29 heavy (non-hydrogen) atoms. The number of ether oxygens (including phenoxy) is 1. The molecule has 3 atom stereocenters. The largest absolute Gasteiger partial charge is 0.479 e. The van der Waals surface area contributed by atoms with Crippen LogP contribution in [0.15, 0.2) is 54.9 Å². The third-order valence-corrected chi connectivity index (χ3v) is 4.66. The maximum Gasteiger partial charge on any atom is 0.334 e. The summed E-state index contributed by atoms with van der Waals surface area (Å²) >= 11 is 0. The summed E-state index contributed by atoms with van der Waals surface area (Å²) in [6.45, 7) is 1.92. The average Bonchev–Trinajstić information content (AvgIpc) is 2.73. The molecule has 1 aliphatic heterocycles. The molecule has 3 rings (SSSR count). The van der Waals surface area contributed by atoms with E-state index in [-0.39, 0.29) is 25.4 Å². The predicted molar refractivity (Wildman–Crippen MR) is 104 cm³/mol. The Kier molecular flexibility index (Phi) is 6.56. The van der Waals surface area contributed by atoms with Gasteiger partial charge in [-0.15, -0.1) is 0 Å². The Morgan fingerprint density at radius 3 is 2.62 bits per heavy atom. The van der Waals surface area contributed by atoms with Crippen LogP contribution < -0.4 is 5.32 Å². The lowest BCUT2D eigenvalue weighted by atomic mass is 10.0. The number of aliphatic carboxylic acids is 1. The lowest BCUT2D eigenvalue weighted by Gasteiger charge is -2.37. The highest BCUT2D eigenvalue weighted by atomic mass is 16.5. The van der Waals surface area contributed by atoms with Crippen LogP contribution in [0.1, 0.15) is 22.8 Å². The minimum atomic E-state index is -1.12. The van der Waals surface area contributed by atoms with Gasteiger partial charge in [0.15, 0.2) is 6.10 Å². The number of nitrogens with one attached hydrogen (secondary N) is 1. The minimum absolute atomic E-state index is 0.0629. The van der Waals surface area contributed by atoms with Crippen LogP contribution in [0.25, 0.3) is 0 Å². The van der Waals surface area contributed by atoms with E-state index in [4.69, 9.17) is 4.74 Å². The third-order valence-electron chi connectivity index (χ3n) is 4.66. The van der Waals surface area contributed by atoms with Gasteiger partial charge in [-0.1, -0.05) is 30.3 Å². The first-order valence-corrected chi connectivity index (χ1v) is 9.36. The highest BCUT2D eigenvalue weighted by Gasteiger charge is 2.35. The van der Waals surface area contributed by atoms with Crippen LogP contribution in [-0.2, 0) is 20.7 Å².